The van der Waals surface area contributed by atoms with Gasteiger partial charge in [-0.1, -0.05) is 42.0 Å². The monoisotopic (exact) mass is 283 g/mol. The van der Waals surface area contributed by atoms with Gasteiger partial charge in [0, 0.05) is 19.0 Å². The van der Waals surface area contributed by atoms with Gasteiger partial charge in [0.25, 0.3) is 0 Å². The van der Waals surface area contributed by atoms with E-state index in [0.29, 0.717) is 6.54 Å². The maximum atomic E-state index is 12.2. The second-order valence-electron chi connectivity index (χ2n) is 5.52. The van der Waals surface area contributed by atoms with Gasteiger partial charge in [-0.05, 0) is 25.3 Å². The highest BCUT2D eigenvalue weighted by Gasteiger charge is 2.28. The second kappa shape index (κ2) is 7.05. The van der Waals surface area contributed by atoms with Crippen molar-refractivity contribution in [1.29, 1.82) is 5.26 Å². The summed E-state index contributed by atoms with van der Waals surface area (Å²) in [6.45, 7) is 2.71. The van der Waals surface area contributed by atoms with Crippen molar-refractivity contribution in [2.45, 2.75) is 38.3 Å². The first-order chi connectivity index (χ1) is 10.1. The lowest BCUT2D eigenvalue weighted by Crippen LogP contribution is -2.37. The molecule has 0 aromatic heterocycles. The molecule has 2 atom stereocenters. The highest BCUT2D eigenvalue weighted by molar-refractivity contribution is 5.78. The van der Waals surface area contributed by atoms with Gasteiger partial charge < -0.3 is 10.6 Å². The first-order valence-corrected chi connectivity index (χ1v) is 7.29. The first kappa shape index (κ1) is 15.3. The topological polar surface area (TPSA) is 70.1 Å². The Morgan fingerprint density at radius 2 is 2.43 bits per heavy atom. The lowest BCUT2D eigenvalue weighted by atomic mass is 10.1. The summed E-state index contributed by atoms with van der Waals surface area (Å²) in [6.07, 6.45) is 5.72. The molecule has 1 aliphatic rings. The van der Waals surface area contributed by atoms with E-state index in [2.05, 4.69) is 12.1 Å². The zero-order chi connectivity index (χ0) is 15.2. The largest absolute Gasteiger partial charge is 0.327 e. The lowest BCUT2D eigenvalue weighted by Gasteiger charge is -2.20. The molecule has 0 radical (unpaired) electrons. The van der Waals surface area contributed by atoms with Crippen LogP contribution >= 0.6 is 0 Å². The molecule has 0 spiro atoms. The van der Waals surface area contributed by atoms with E-state index in [9.17, 15) is 4.79 Å². The maximum Gasteiger partial charge on any atom is 0.225 e. The summed E-state index contributed by atoms with van der Waals surface area (Å²) in [5.74, 6) is -0.0274. The van der Waals surface area contributed by atoms with Crippen LogP contribution in [0, 0.1) is 18.3 Å². The van der Waals surface area contributed by atoms with Gasteiger partial charge in [0.05, 0.1) is 6.07 Å². The van der Waals surface area contributed by atoms with E-state index < -0.39 is 0 Å². The number of likely N-dealkylation sites (tertiary alicyclic amines) is 1. The highest BCUT2D eigenvalue weighted by Crippen LogP contribution is 2.18. The molecule has 21 heavy (non-hydrogen) atoms. The minimum atomic E-state index is -0.321. The fourth-order valence-electron chi connectivity index (χ4n) is 2.59. The molecule has 4 heteroatoms. The number of aryl methyl sites for hydroxylation is 1. The van der Waals surface area contributed by atoms with Crippen molar-refractivity contribution in [3.63, 3.8) is 0 Å². The second-order valence-corrected chi connectivity index (χ2v) is 5.52. The van der Waals surface area contributed by atoms with Crippen molar-refractivity contribution < 1.29 is 4.79 Å². The quantitative estimate of drug-likeness (QED) is 0.921. The van der Waals surface area contributed by atoms with Gasteiger partial charge in [-0.25, -0.2) is 0 Å². The van der Waals surface area contributed by atoms with Crippen molar-refractivity contribution in [2.75, 3.05) is 6.54 Å². The van der Waals surface area contributed by atoms with Crippen molar-refractivity contribution in [3.8, 4) is 6.07 Å². The van der Waals surface area contributed by atoms with E-state index in [1.807, 2.05) is 37.3 Å². The molecule has 1 fully saturated rings. The summed E-state index contributed by atoms with van der Waals surface area (Å²) >= 11 is 0. The highest BCUT2D eigenvalue weighted by atomic mass is 16.2. The molecular formula is C17H21N3O. The fraction of sp³-hybridized carbons (Fsp3) is 0.412. The molecule has 0 saturated carbocycles. The van der Waals surface area contributed by atoms with Crippen molar-refractivity contribution >= 4 is 12.0 Å². The predicted molar refractivity (Wildman–Crippen MR) is 83.2 cm³/mol. The van der Waals surface area contributed by atoms with E-state index in [0.717, 1.165) is 18.4 Å². The number of carbonyl (C=O) groups excluding carboxylic acids is 1. The molecule has 110 valence electrons. The average molecular weight is 283 g/mol. The zero-order valence-electron chi connectivity index (χ0n) is 12.3. The molecule has 0 aliphatic carbocycles. The van der Waals surface area contributed by atoms with E-state index in [4.69, 9.17) is 11.0 Å². The number of nitrogens with zero attached hydrogens (tertiary/aromatic N) is 2. The third-order valence-electron chi connectivity index (χ3n) is 3.71. The summed E-state index contributed by atoms with van der Waals surface area (Å²) in [6, 6.07) is 9.69. The molecule has 1 aromatic carbocycles. The number of rotatable bonds is 4. The molecule has 0 bridgehead atoms. The maximum absolute atomic E-state index is 12.2. The van der Waals surface area contributed by atoms with E-state index in [1.54, 1.807) is 4.90 Å². The number of carbonyl (C=O) groups is 1. The lowest BCUT2D eigenvalue weighted by molar-refractivity contribution is -0.131. The molecule has 4 nitrogen and oxygen atoms in total. The smallest absolute Gasteiger partial charge is 0.225 e. The van der Waals surface area contributed by atoms with Gasteiger partial charge in [0.1, 0.15) is 6.04 Å². The molecule has 1 aliphatic heterocycles. The third kappa shape index (κ3) is 4.17. The Kier molecular flexibility index (Phi) is 5.13. The van der Waals surface area contributed by atoms with Crippen LogP contribution < -0.4 is 5.73 Å². The minimum Gasteiger partial charge on any atom is -0.327 e. The van der Waals surface area contributed by atoms with Gasteiger partial charge in [0.2, 0.25) is 5.91 Å². The van der Waals surface area contributed by atoms with Crippen molar-refractivity contribution in [1.82, 2.24) is 4.90 Å². The van der Waals surface area contributed by atoms with E-state index >= 15 is 0 Å². The minimum absolute atomic E-state index is 0.0274. The van der Waals surface area contributed by atoms with Crippen LogP contribution in [-0.4, -0.2) is 29.4 Å². The average Bonchev–Trinajstić information content (AvgIpc) is 2.94. The van der Waals surface area contributed by atoms with Crippen LogP contribution in [-0.2, 0) is 4.79 Å². The van der Waals surface area contributed by atoms with Gasteiger partial charge in [-0.3, -0.25) is 4.79 Å². The van der Waals surface area contributed by atoms with Crippen molar-refractivity contribution in [3.05, 3.63) is 41.5 Å². The Morgan fingerprint density at radius 1 is 1.62 bits per heavy atom. The van der Waals surface area contributed by atoms with Gasteiger partial charge in [-0.15, -0.1) is 0 Å². The normalized spacial score (nSPS) is 19.7. The molecule has 1 unspecified atom stereocenters. The number of amides is 1. The van der Waals surface area contributed by atoms with Crippen molar-refractivity contribution in [2.24, 2.45) is 5.73 Å². The van der Waals surface area contributed by atoms with Gasteiger partial charge in [-0.2, -0.15) is 5.26 Å². The standard InChI is InChI=1S/C17H21N3O/c1-13-4-2-5-14(10-13)7-8-15(19)11-17(21)20-9-3-6-16(20)12-18/h2,4-5,7-8,10,15-16H,3,6,9,11,19H2,1H3/t15?,16-/m0/s1. The van der Waals surface area contributed by atoms with Crippen LogP contribution in [0.25, 0.3) is 6.08 Å². The number of benzene rings is 1. The number of hydrogen-bond donors (Lipinski definition) is 1. The van der Waals surface area contributed by atoms with Crippen LogP contribution in [0.5, 0.6) is 0 Å². The molecular weight excluding hydrogens is 262 g/mol. The predicted octanol–water partition coefficient (Wildman–Crippen LogP) is 2.24. The summed E-state index contributed by atoms with van der Waals surface area (Å²) in [5.41, 5.74) is 8.27. The number of nitrogens with two attached hydrogens (primary N) is 1. The van der Waals surface area contributed by atoms with E-state index in [-0.39, 0.29) is 24.4 Å². The molecule has 1 amide bonds. The Morgan fingerprint density at radius 3 is 3.14 bits per heavy atom. The molecule has 1 saturated heterocycles. The van der Waals surface area contributed by atoms with Gasteiger partial charge >= 0.3 is 0 Å². The summed E-state index contributed by atoms with van der Waals surface area (Å²) in [4.78, 5) is 13.8. The molecule has 2 rings (SSSR count). The Hall–Kier alpha value is -2.12. The zero-order valence-corrected chi connectivity index (χ0v) is 12.3. The SMILES string of the molecule is Cc1cccc(C=CC(N)CC(=O)N2CCC[C@H]2C#N)c1. The van der Waals surface area contributed by atoms with E-state index in [1.165, 1.54) is 5.56 Å². The van der Waals surface area contributed by atoms with Gasteiger partial charge in [0.15, 0.2) is 0 Å². The summed E-state index contributed by atoms with van der Waals surface area (Å²) in [7, 11) is 0. The molecule has 2 N–H and O–H groups in total. The van der Waals surface area contributed by atoms with Crippen LogP contribution in [0.4, 0.5) is 0 Å². The summed E-state index contributed by atoms with van der Waals surface area (Å²) < 4.78 is 0. The summed E-state index contributed by atoms with van der Waals surface area (Å²) in [5, 5.41) is 9.01. The molecule has 1 heterocycles. The van der Waals surface area contributed by atoms with Crippen LogP contribution in [0.3, 0.4) is 0 Å². The Labute approximate surface area is 125 Å². The Bertz CT molecular complexity index is 574. The van der Waals surface area contributed by atoms with Crippen LogP contribution in [0.2, 0.25) is 0 Å². The third-order valence-corrected chi connectivity index (χ3v) is 3.71. The van der Waals surface area contributed by atoms with Crippen LogP contribution in [0.1, 0.15) is 30.4 Å². The Balaban J connectivity index is 1.91. The number of nitriles is 1. The van der Waals surface area contributed by atoms with Crippen LogP contribution in [0.15, 0.2) is 30.3 Å². The fourth-order valence-corrected chi connectivity index (χ4v) is 2.59. The first-order valence-electron chi connectivity index (χ1n) is 7.29. The number of hydrogen-bond acceptors (Lipinski definition) is 3. The molecule has 1 aromatic rings.